The lowest BCUT2D eigenvalue weighted by Crippen LogP contribution is -2.29. The first-order valence-electron chi connectivity index (χ1n) is 11.0. The number of anilines is 1. The number of nitrogens with zero attached hydrogens (tertiary/aromatic N) is 3. The van der Waals surface area contributed by atoms with Crippen molar-refractivity contribution in [3.05, 3.63) is 118 Å². The Morgan fingerprint density at radius 2 is 1.70 bits per heavy atom. The van der Waals surface area contributed by atoms with Gasteiger partial charge in [-0.25, -0.2) is 0 Å². The normalized spacial score (nSPS) is 17.9. The van der Waals surface area contributed by atoms with Crippen molar-refractivity contribution in [2.75, 3.05) is 4.90 Å². The zero-order valence-corrected chi connectivity index (χ0v) is 21.0. The van der Waals surface area contributed by atoms with E-state index in [2.05, 4.69) is 116 Å². The van der Waals surface area contributed by atoms with Crippen LogP contribution in [0.2, 0.25) is 0 Å². The number of pyridine rings is 1. The molecule has 0 bridgehead atoms. The first-order chi connectivity index (χ1) is 16.0. The number of rotatable bonds is 5. The summed E-state index contributed by atoms with van der Waals surface area (Å²) in [5, 5.41) is 4.28. The maximum absolute atomic E-state index is 5.87. The molecule has 0 aliphatic carbocycles. The SMILES string of the molecule is Cc1cc(C2C(c3ccccn3)NC(=S)N2c2ccc(Br)cc2)c(C)n1Cc1ccccc1. The van der Waals surface area contributed by atoms with Gasteiger partial charge in [0.25, 0.3) is 0 Å². The standard InChI is InChI=1S/C27H25BrN4S/c1-18-16-23(19(2)31(18)17-20-8-4-3-5-9-20)26-25(24-10-6-7-15-29-24)30-27(33)32(26)22-13-11-21(28)12-14-22/h3-16,25-26H,17H2,1-2H3,(H,30,33). The molecule has 1 aliphatic heterocycles. The molecule has 1 saturated heterocycles. The average Bonchev–Trinajstić information content (AvgIpc) is 3.32. The van der Waals surface area contributed by atoms with Gasteiger partial charge in [0.2, 0.25) is 0 Å². The van der Waals surface area contributed by atoms with E-state index in [1.54, 1.807) is 0 Å². The number of aromatic nitrogens is 2. The Bertz CT molecular complexity index is 1270. The maximum Gasteiger partial charge on any atom is 0.174 e. The van der Waals surface area contributed by atoms with Gasteiger partial charge >= 0.3 is 0 Å². The second kappa shape index (κ2) is 9.12. The molecule has 1 fully saturated rings. The number of benzene rings is 2. The highest BCUT2D eigenvalue weighted by molar-refractivity contribution is 9.10. The number of aryl methyl sites for hydroxylation is 1. The van der Waals surface area contributed by atoms with Gasteiger partial charge in [-0.1, -0.05) is 52.3 Å². The van der Waals surface area contributed by atoms with Gasteiger partial charge in [-0.15, -0.1) is 0 Å². The molecule has 4 aromatic rings. The van der Waals surface area contributed by atoms with E-state index >= 15 is 0 Å². The molecule has 5 rings (SSSR count). The van der Waals surface area contributed by atoms with Gasteiger partial charge in [0.05, 0.1) is 17.8 Å². The molecule has 0 amide bonds. The van der Waals surface area contributed by atoms with Crippen LogP contribution in [0.4, 0.5) is 5.69 Å². The summed E-state index contributed by atoms with van der Waals surface area (Å²) in [7, 11) is 0. The lowest BCUT2D eigenvalue weighted by molar-refractivity contribution is 0.563. The van der Waals surface area contributed by atoms with Crippen molar-refractivity contribution in [3.63, 3.8) is 0 Å². The molecule has 1 aliphatic rings. The van der Waals surface area contributed by atoms with Crippen molar-refractivity contribution in [1.82, 2.24) is 14.9 Å². The Hall–Kier alpha value is -2.96. The fourth-order valence-electron chi connectivity index (χ4n) is 4.69. The predicted octanol–water partition coefficient (Wildman–Crippen LogP) is 6.49. The van der Waals surface area contributed by atoms with Crippen molar-refractivity contribution in [1.29, 1.82) is 0 Å². The first-order valence-corrected chi connectivity index (χ1v) is 12.2. The molecule has 3 heterocycles. The molecular weight excluding hydrogens is 492 g/mol. The van der Waals surface area contributed by atoms with Gasteiger partial charge in [0.1, 0.15) is 0 Å². The molecular formula is C27H25BrN4S. The Morgan fingerprint density at radius 1 is 0.970 bits per heavy atom. The van der Waals surface area contributed by atoms with Crippen LogP contribution in [-0.4, -0.2) is 14.7 Å². The molecule has 6 heteroatoms. The van der Waals surface area contributed by atoms with Crippen molar-refractivity contribution in [2.45, 2.75) is 32.5 Å². The summed E-state index contributed by atoms with van der Waals surface area (Å²) in [5.41, 5.74) is 7.08. The van der Waals surface area contributed by atoms with Crippen molar-refractivity contribution in [3.8, 4) is 0 Å². The van der Waals surface area contributed by atoms with Crippen LogP contribution >= 0.6 is 28.1 Å². The van der Waals surface area contributed by atoms with Crippen LogP contribution in [0.1, 0.15) is 40.3 Å². The number of hydrogen-bond acceptors (Lipinski definition) is 2. The number of thiocarbonyl (C=S) groups is 1. The van der Waals surface area contributed by atoms with Gasteiger partial charge in [-0.3, -0.25) is 4.98 Å². The van der Waals surface area contributed by atoms with Gasteiger partial charge in [0, 0.05) is 34.3 Å². The summed E-state index contributed by atoms with van der Waals surface area (Å²) in [6.07, 6.45) is 1.85. The summed E-state index contributed by atoms with van der Waals surface area (Å²) in [5.74, 6) is 0. The summed E-state index contributed by atoms with van der Waals surface area (Å²) in [6.45, 7) is 5.23. The van der Waals surface area contributed by atoms with Crippen LogP contribution in [0.15, 0.2) is 89.5 Å². The van der Waals surface area contributed by atoms with E-state index in [9.17, 15) is 0 Å². The van der Waals surface area contributed by atoms with E-state index in [4.69, 9.17) is 12.2 Å². The molecule has 1 N–H and O–H groups in total. The molecule has 166 valence electrons. The van der Waals surface area contributed by atoms with Crippen molar-refractivity contribution < 1.29 is 0 Å². The summed E-state index contributed by atoms with van der Waals surface area (Å²) in [4.78, 5) is 6.91. The van der Waals surface area contributed by atoms with E-state index in [0.717, 1.165) is 22.4 Å². The van der Waals surface area contributed by atoms with E-state index in [0.29, 0.717) is 5.11 Å². The average molecular weight is 517 g/mol. The Kier molecular flexibility index (Phi) is 6.04. The molecule has 2 aromatic heterocycles. The lowest BCUT2D eigenvalue weighted by atomic mass is 9.96. The zero-order valence-electron chi connectivity index (χ0n) is 18.6. The number of halogens is 1. The minimum Gasteiger partial charge on any atom is -0.351 e. The fourth-order valence-corrected chi connectivity index (χ4v) is 5.30. The van der Waals surface area contributed by atoms with Crippen LogP contribution in [-0.2, 0) is 6.54 Å². The van der Waals surface area contributed by atoms with Crippen LogP contribution < -0.4 is 10.2 Å². The molecule has 2 aromatic carbocycles. The third-order valence-electron chi connectivity index (χ3n) is 6.32. The highest BCUT2D eigenvalue weighted by atomic mass is 79.9. The predicted molar refractivity (Wildman–Crippen MR) is 142 cm³/mol. The van der Waals surface area contributed by atoms with E-state index < -0.39 is 0 Å². The van der Waals surface area contributed by atoms with Gasteiger partial charge in [-0.2, -0.15) is 0 Å². The van der Waals surface area contributed by atoms with E-state index in [1.165, 1.54) is 22.5 Å². The highest BCUT2D eigenvalue weighted by Gasteiger charge is 2.42. The highest BCUT2D eigenvalue weighted by Crippen LogP contribution is 2.43. The minimum absolute atomic E-state index is 0.00991. The number of hydrogen-bond donors (Lipinski definition) is 1. The molecule has 0 saturated carbocycles. The largest absolute Gasteiger partial charge is 0.351 e. The minimum atomic E-state index is -0.0481. The second-order valence-electron chi connectivity index (χ2n) is 8.37. The maximum atomic E-state index is 5.87. The van der Waals surface area contributed by atoms with Gasteiger partial charge in [-0.05, 0) is 79.7 Å². The molecule has 0 spiro atoms. The molecule has 2 unspecified atom stereocenters. The van der Waals surface area contributed by atoms with Crippen LogP contribution in [0.3, 0.4) is 0 Å². The summed E-state index contributed by atoms with van der Waals surface area (Å²) < 4.78 is 3.43. The Morgan fingerprint density at radius 3 is 2.39 bits per heavy atom. The lowest BCUT2D eigenvalue weighted by Gasteiger charge is -2.28. The Balaban J connectivity index is 1.62. The third-order valence-corrected chi connectivity index (χ3v) is 7.16. The molecule has 0 radical (unpaired) electrons. The van der Waals surface area contributed by atoms with E-state index in [1.807, 2.05) is 18.3 Å². The first kappa shape index (κ1) is 21.9. The molecule has 2 atom stereocenters. The second-order valence-corrected chi connectivity index (χ2v) is 9.67. The van der Waals surface area contributed by atoms with Crippen molar-refractivity contribution >= 4 is 38.9 Å². The summed E-state index contributed by atoms with van der Waals surface area (Å²) >= 11 is 9.42. The van der Waals surface area contributed by atoms with Crippen LogP contribution in [0.5, 0.6) is 0 Å². The molecule has 33 heavy (non-hydrogen) atoms. The van der Waals surface area contributed by atoms with E-state index in [-0.39, 0.29) is 12.1 Å². The fraction of sp³-hybridized carbons (Fsp3) is 0.185. The topological polar surface area (TPSA) is 33.1 Å². The smallest absolute Gasteiger partial charge is 0.174 e. The van der Waals surface area contributed by atoms with Crippen LogP contribution in [0, 0.1) is 13.8 Å². The zero-order chi connectivity index (χ0) is 22.9. The Labute approximate surface area is 208 Å². The van der Waals surface area contributed by atoms with Gasteiger partial charge in [0.15, 0.2) is 5.11 Å². The van der Waals surface area contributed by atoms with Gasteiger partial charge < -0.3 is 14.8 Å². The third kappa shape index (κ3) is 4.21. The quantitative estimate of drug-likeness (QED) is 0.307. The van der Waals surface area contributed by atoms with Crippen LogP contribution in [0.25, 0.3) is 0 Å². The summed E-state index contributed by atoms with van der Waals surface area (Å²) in [6, 6.07) is 27.2. The number of nitrogens with one attached hydrogen (secondary N) is 1. The monoisotopic (exact) mass is 516 g/mol. The van der Waals surface area contributed by atoms with Crippen molar-refractivity contribution in [2.24, 2.45) is 0 Å². The molecule has 4 nitrogen and oxygen atoms in total.